The van der Waals surface area contributed by atoms with Crippen molar-refractivity contribution in [3.63, 3.8) is 0 Å². The summed E-state index contributed by atoms with van der Waals surface area (Å²) in [6, 6.07) is 7.92. The predicted molar refractivity (Wildman–Crippen MR) is 90.0 cm³/mol. The maximum atomic E-state index is 12.6. The van der Waals surface area contributed by atoms with Crippen molar-refractivity contribution in [1.82, 2.24) is 10.3 Å². The van der Waals surface area contributed by atoms with E-state index in [-0.39, 0.29) is 5.43 Å². The molecule has 0 saturated carbocycles. The molecule has 1 fully saturated rings. The van der Waals surface area contributed by atoms with Crippen molar-refractivity contribution >= 4 is 37.9 Å². The molecule has 1 aromatic carbocycles. The van der Waals surface area contributed by atoms with Crippen molar-refractivity contribution in [2.75, 3.05) is 25.0 Å². The SMILES string of the molecule is CNC1CCN(c2nc3oc4ccccc4c(=O)c3s2)CC1. The Morgan fingerprint density at radius 2 is 2.09 bits per heavy atom. The van der Waals surface area contributed by atoms with Crippen molar-refractivity contribution in [2.24, 2.45) is 0 Å². The Kier molecular flexibility index (Phi) is 3.35. The molecule has 0 bridgehead atoms. The Morgan fingerprint density at radius 3 is 2.86 bits per heavy atom. The highest BCUT2D eigenvalue weighted by Crippen LogP contribution is 2.30. The Labute approximate surface area is 131 Å². The summed E-state index contributed by atoms with van der Waals surface area (Å²) < 4.78 is 6.42. The molecule has 5 nitrogen and oxygen atoms in total. The predicted octanol–water partition coefficient (Wildman–Crippen LogP) is 2.59. The van der Waals surface area contributed by atoms with Crippen LogP contribution in [0.5, 0.6) is 0 Å². The van der Waals surface area contributed by atoms with Gasteiger partial charge >= 0.3 is 0 Å². The van der Waals surface area contributed by atoms with Gasteiger partial charge in [-0.1, -0.05) is 23.5 Å². The summed E-state index contributed by atoms with van der Waals surface area (Å²) in [4.78, 5) is 19.4. The van der Waals surface area contributed by atoms with Crippen LogP contribution in [0.25, 0.3) is 21.4 Å². The molecule has 0 aliphatic carbocycles. The van der Waals surface area contributed by atoms with Crippen LogP contribution in [-0.4, -0.2) is 31.2 Å². The second-order valence-corrected chi connectivity index (χ2v) is 6.59. The smallest absolute Gasteiger partial charge is 0.243 e. The zero-order valence-corrected chi connectivity index (χ0v) is 13.2. The second-order valence-electron chi connectivity index (χ2n) is 5.61. The van der Waals surface area contributed by atoms with Gasteiger partial charge < -0.3 is 14.6 Å². The Bertz CT molecular complexity index is 878. The molecule has 22 heavy (non-hydrogen) atoms. The normalized spacial score (nSPS) is 16.7. The minimum atomic E-state index is 0.0192. The number of thiazole rings is 1. The van der Waals surface area contributed by atoms with Crippen LogP contribution < -0.4 is 15.6 Å². The minimum Gasteiger partial charge on any atom is -0.437 e. The molecule has 0 atom stereocenters. The third-order valence-corrected chi connectivity index (χ3v) is 5.40. The molecule has 0 unspecified atom stereocenters. The topological polar surface area (TPSA) is 58.4 Å². The number of piperidine rings is 1. The quantitative estimate of drug-likeness (QED) is 0.788. The lowest BCUT2D eigenvalue weighted by Crippen LogP contribution is -2.41. The molecular weight excluding hydrogens is 298 g/mol. The molecule has 4 rings (SSSR count). The minimum absolute atomic E-state index is 0.0192. The first-order valence-electron chi connectivity index (χ1n) is 7.51. The monoisotopic (exact) mass is 315 g/mol. The number of hydrogen-bond donors (Lipinski definition) is 1. The average Bonchev–Trinajstić information content (AvgIpc) is 2.99. The molecule has 6 heteroatoms. The zero-order valence-electron chi connectivity index (χ0n) is 12.3. The summed E-state index contributed by atoms with van der Waals surface area (Å²) >= 11 is 1.44. The maximum absolute atomic E-state index is 12.6. The van der Waals surface area contributed by atoms with E-state index < -0.39 is 0 Å². The van der Waals surface area contributed by atoms with Gasteiger partial charge in [-0.25, -0.2) is 0 Å². The van der Waals surface area contributed by atoms with E-state index in [1.807, 2.05) is 25.2 Å². The van der Waals surface area contributed by atoms with Gasteiger partial charge in [0.25, 0.3) is 0 Å². The summed E-state index contributed by atoms with van der Waals surface area (Å²) in [7, 11) is 2.01. The van der Waals surface area contributed by atoms with Crippen molar-refractivity contribution in [2.45, 2.75) is 18.9 Å². The molecule has 1 saturated heterocycles. The number of benzene rings is 1. The van der Waals surface area contributed by atoms with Gasteiger partial charge in [-0.15, -0.1) is 0 Å². The van der Waals surface area contributed by atoms with Crippen LogP contribution in [-0.2, 0) is 0 Å². The van der Waals surface area contributed by atoms with Gasteiger partial charge in [0.1, 0.15) is 10.3 Å². The number of hydrogen-bond acceptors (Lipinski definition) is 6. The van der Waals surface area contributed by atoms with E-state index in [1.54, 1.807) is 6.07 Å². The van der Waals surface area contributed by atoms with Crippen LogP contribution >= 0.6 is 11.3 Å². The summed E-state index contributed by atoms with van der Waals surface area (Å²) in [6.07, 6.45) is 2.19. The van der Waals surface area contributed by atoms with Gasteiger partial charge in [-0.3, -0.25) is 4.79 Å². The average molecular weight is 315 g/mol. The number of aromatic nitrogens is 1. The first-order valence-corrected chi connectivity index (χ1v) is 8.32. The van der Waals surface area contributed by atoms with E-state index in [0.717, 1.165) is 31.1 Å². The van der Waals surface area contributed by atoms with Crippen molar-refractivity contribution < 1.29 is 4.42 Å². The van der Waals surface area contributed by atoms with E-state index in [9.17, 15) is 4.79 Å². The fourth-order valence-electron chi connectivity index (χ4n) is 2.97. The van der Waals surface area contributed by atoms with Crippen molar-refractivity contribution in [1.29, 1.82) is 0 Å². The third kappa shape index (κ3) is 2.19. The fourth-order valence-corrected chi connectivity index (χ4v) is 3.97. The number of anilines is 1. The Balaban J connectivity index is 1.76. The summed E-state index contributed by atoms with van der Waals surface area (Å²) in [5.41, 5.74) is 1.08. The third-order valence-electron chi connectivity index (χ3n) is 4.30. The molecule has 3 heterocycles. The van der Waals surface area contributed by atoms with Crippen LogP contribution in [0.3, 0.4) is 0 Å². The number of rotatable bonds is 2. The van der Waals surface area contributed by atoms with Crippen molar-refractivity contribution in [3.8, 4) is 0 Å². The van der Waals surface area contributed by atoms with Gasteiger partial charge in [-0.2, -0.15) is 4.98 Å². The molecule has 1 aliphatic heterocycles. The standard InChI is InChI=1S/C16H17N3O2S/c1-17-10-6-8-19(9-7-10)16-18-15-14(22-16)13(20)11-4-2-3-5-12(11)21-15/h2-5,10,17H,6-9H2,1H3. The molecular formula is C16H17N3O2S. The zero-order chi connectivity index (χ0) is 15.1. The van der Waals surface area contributed by atoms with Gasteiger partial charge in [0.05, 0.1) is 5.39 Å². The lowest BCUT2D eigenvalue weighted by Gasteiger charge is -2.31. The van der Waals surface area contributed by atoms with Crippen LogP contribution in [0, 0.1) is 0 Å². The van der Waals surface area contributed by atoms with Gasteiger partial charge in [0.15, 0.2) is 5.13 Å². The summed E-state index contributed by atoms with van der Waals surface area (Å²) in [5.74, 6) is 0. The van der Waals surface area contributed by atoms with E-state index in [0.29, 0.717) is 27.4 Å². The number of para-hydroxylation sites is 1. The van der Waals surface area contributed by atoms with Gasteiger partial charge in [0.2, 0.25) is 11.1 Å². The molecule has 0 amide bonds. The molecule has 2 aromatic heterocycles. The summed E-state index contributed by atoms with van der Waals surface area (Å²) in [6.45, 7) is 1.91. The van der Waals surface area contributed by atoms with E-state index in [1.165, 1.54) is 11.3 Å². The van der Waals surface area contributed by atoms with Crippen LogP contribution in [0.4, 0.5) is 5.13 Å². The van der Waals surface area contributed by atoms with Crippen molar-refractivity contribution in [3.05, 3.63) is 34.5 Å². The Morgan fingerprint density at radius 1 is 1.32 bits per heavy atom. The first kappa shape index (κ1) is 13.7. The maximum Gasteiger partial charge on any atom is 0.243 e. The van der Waals surface area contributed by atoms with Gasteiger partial charge in [0, 0.05) is 19.1 Å². The first-order chi connectivity index (χ1) is 10.8. The molecule has 0 spiro atoms. The molecule has 1 N–H and O–H groups in total. The van der Waals surface area contributed by atoms with E-state index >= 15 is 0 Å². The van der Waals surface area contributed by atoms with Gasteiger partial charge in [-0.05, 0) is 32.0 Å². The summed E-state index contributed by atoms with van der Waals surface area (Å²) in [5, 5.41) is 4.84. The molecule has 0 radical (unpaired) electrons. The number of fused-ring (bicyclic) bond motifs is 2. The lowest BCUT2D eigenvalue weighted by atomic mass is 10.1. The lowest BCUT2D eigenvalue weighted by molar-refractivity contribution is 0.442. The molecule has 1 aliphatic rings. The van der Waals surface area contributed by atoms with Crippen LogP contribution in [0.1, 0.15) is 12.8 Å². The number of nitrogens with one attached hydrogen (secondary N) is 1. The highest BCUT2D eigenvalue weighted by atomic mass is 32.1. The molecule has 114 valence electrons. The highest BCUT2D eigenvalue weighted by Gasteiger charge is 2.22. The van der Waals surface area contributed by atoms with E-state index in [2.05, 4.69) is 15.2 Å². The van der Waals surface area contributed by atoms with Crippen LogP contribution in [0.15, 0.2) is 33.5 Å². The molecule has 3 aromatic rings. The highest BCUT2D eigenvalue weighted by molar-refractivity contribution is 7.22. The second kappa shape index (κ2) is 5.37. The van der Waals surface area contributed by atoms with E-state index in [4.69, 9.17) is 4.42 Å². The number of nitrogens with zero attached hydrogens (tertiary/aromatic N) is 2. The largest absolute Gasteiger partial charge is 0.437 e. The fraction of sp³-hybridized carbons (Fsp3) is 0.375. The Hall–Kier alpha value is -1.92. The van der Waals surface area contributed by atoms with Crippen LogP contribution in [0.2, 0.25) is 0 Å².